The maximum absolute atomic E-state index is 12.4. The molecule has 5 heteroatoms. The van der Waals surface area contributed by atoms with E-state index in [0.717, 1.165) is 23.1 Å². The van der Waals surface area contributed by atoms with Gasteiger partial charge in [-0.05, 0) is 44.6 Å². The number of nitrogens with zero attached hydrogens (tertiary/aromatic N) is 1. The Morgan fingerprint density at radius 2 is 2.17 bits per heavy atom. The number of esters is 1. The molecule has 23 heavy (non-hydrogen) atoms. The quantitative estimate of drug-likeness (QED) is 0.838. The Kier molecular flexibility index (Phi) is 4.28. The number of hydrogen-bond donors (Lipinski definition) is 2. The Hall–Kier alpha value is -2.04. The maximum atomic E-state index is 12.4. The van der Waals surface area contributed by atoms with Crippen LogP contribution in [0.15, 0.2) is 18.5 Å². The Labute approximate surface area is 136 Å². The number of aromatic amines is 1. The monoisotopic (exact) mass is 315 g/mol. The van der Waals surface area contributed by atoms with Crippen molar-refractivity contribution >= 4 is 22.7 Å². The SMILES string of the molecule is CC1CC(C)C(Nc2c(C(=O)OC(C)C)cnc3[nH]ccc23)C1. The number of carbonyl (C=O) groups excluding carboxylic acids is 1. The number of hydrogen-bond acceptors (Lipinski definition) is 4. The maximum Gasteiger partial charge on any atom is 0.342 e. The first-order chi connectivity index (χ1) is 11.0. The molecule has 0 aromatic carbocycles. The van der Waals surface area contributed by atoms with Crippen molar-refractivity contribution in [2.45, 2.75) is 52.7 Å². The smallest absolute Gasteiger partial charge is 0.342 e. The van der Waals surface area contributed by atoms with E-state index in [2.05, 4.69) is 29.1 Å². The van der Waals surface area contributed by atoms with Crippen molar-refractivity contribution in [3.63, 3.8) is 0 Å². The van der Waals surface area contributed by atoms with Crippen LogP contribution < -0.4 is 5.32 Å². The minimum absolute atomic E-state index is 0.150. The molecule has 2 aromatic rings. The summed E-state index contributed by atoms with van der Waals surface area (Å²) in [5.41, 5.74) is 2.14. The molecule has 3 rings (SSSR count). The Morgan fingerprint density at radius 3 is 2.83 bits per heavy atom. The van der Waals surface area contributed by atoms with Crippen molar-refractivity contribution in [1.82, 2.24) is 9.97 Å². The largest absolute Gasteiger partial charge is 0.459 e. The molecule has 3 unspecified atom stereocenters. The van der Waals surface area contributed by atoms with Gasteiger partial charge in [0.05, 0.1) is 11.8 Å². The van der Waals surface area contributed by atoms with E-state index in [0.29, 0.717) is 23.4 Å². The fourth-order valence-electron chi connectivity index (χ4n) is 3.54. The number of anilines is 1. The van der Waals surface area contributed by atoms with E-state index in [1.807, 2.05) is 26.1 Å². The van der Waals surface area contributed by atoms with Gasteiger partial charge in [0.25, 0.3) is 0 Å². The fourth-order valence-corrected chi connectivity index (χ4v) is 3.54. The summed E-state index contributed by atoms with van der Waals surface area (Å²) in [7, 11) is 0. The normalized spacial score (nSPS) is 24.3. The number of pyridine rings is 1. The molecular formula is C18H25N3O2. The third-order valence-corrected chi connectivity index (χ3v) is 4.60. The van der Waals surface area contributed by atoms with Gasteiger partial charge in [-0.3, -0.25) is 0 Å². The molecule has 124 valence electrons. The second kappa shape index (κ2) is 6.22. The molecule has 0 saturated heterocycles. The first-order valence-electron chi connectivity index (χ1n) is 8.39. The van der Waals surface area contributed by atoms with Crippen molar-refractivity contribution in [3.8, 4) is 0 Å². The molecule has 1 aliphatic carbocycles. The second-order valence-corrected chi connectivity index (χ2v) is 7.05. The Balaban J connectivity index is 1.98. The van der Waals surface area contributed by atoms with Crippen LogP contribution in [0.3, 0.4) is 0 Å². The average Bonchev–Trinajstić information content (AvgIpc) is 3.05. The predicted octanol–water partition coefficient (Wildman–Crippen LogP) is 3.97. The number of nitrogens with one attached hydrogen (secondary N) is 2. The zero-order chi connectivity index (χ0) is 16.6. The molecule has 5 nitrogen and oxygen atoms in total. The standard InChI is InChI=1S/C18H25N3O2/c1-10(2)23-18(22)14-9-20-17-13(5-6-19-17)16(14)21-15-8-11(3)7-12(15)4/h5-6,9-12,15H,7-8H2,1-4H3,(H2,19,20,21). The number of fused-ring (bicyclic) bond motifs is 1. The van der Waals surface area contributed by atoms with Gasteiger partial charge in [0, 0.05) is 23.8 Å². The molecule has 2 N–H and O–H groups in total. The number of aromatic nitrogens is 2. The first-order valence-corrected chi connectivity index (χ1v) is 8.39. The summed E-state index contributed by atoms with van der Waals surface area (Å²) in [6.07, 6.45) is 5.64. The number of ether oxygens (including phenoxy) is 1. The summed E-state index contributed by atoms with van der Waals surface area (Å²) in [4.78, 5) is 19.9. The number of H-pyrrole nitrogens is 1. The highest BCUT2D eigenvalue weighted by Crippen LogP contribution is 2.35. The Bertz CT molecular complexity index is 707. The molecular weight excluding hydrogens is 290 g/mol. The van der Waals surface area contributed by atoms with E-state index in [9.17, 15) is 4.79 Å². The van der Waals surface area contributed by atoms with Crippen LogP contribution in [-0.4, -0.2) is 28.1 Å². The molecule has 0 spiro atoms. The van der Waals surface area contributed by atoms with Gasteiger partial charge in [-0.25, -0.2) is 9.78 Å². The predicted molar refractivity (Wildman–Crippen MR) is 91.6 cm³/mol. The summed E-state index contributed by atoms with van der Waals surface area (Å²) in [6, 6.07) is 2.33. The molecule has 3 atom stereocenters. The summed E-state index contributed by atoms with van der Waals surface area (Å²) >= 11 is 0. The highest BCUT2D eigenvalue weighted by molar-refractivity contribution is 6.04. The Morgan fingerprint density at radius 1 is 1.39 bits per heavy atom. The van der Waals surface area contributed by atoms with E-state index < -0.39 is 0 Å². The lowest BCUT2D eigenvalue weighted by molar-refractivity contribution is 0.0378. The van der Waals surface area contributed by atoms with Gasteiger partial charge in [-0.2, -0.15) is 0 Å². The lowest BCUT2D eigenvalue weighted by Crippen LogP contribution is -2.24. The molecule has 0 amide bonds. The minimum Gasteiger partial charge on any atom is -0.459 e. The molecule has 1 fully saturated rings. The zero-order valence-electron chi connectivity index (χ0n) is 14.2. The summed E-state index contributed by atoms with van der Waals surface area (Å²) in [5, 5.41) is 4.55. The number of rotatable bonds is 4. The van der Waals surface area contributed by atoms with Gasteiger partial charge in [0.1, 0.15) is 11.2 Å². The average molecular weight is 315 g/mol. The van der Waals surface area contributed by atoms with Gasteiger partial charge in [-0.1, -0.05) is 13.8 Å². The van der Waals surface area contributed by atoms with Crippen LogP contribution in [0.1, 0.15) is 50.9 Å². The van der Waals surface area contributed by atoms with E-state index in [1.54, 1.807) is 6.20 Å². The lowest BCUT2D eigenvalue weighted by atomic mass is 10.0. The van der Waals surface area contributed by atoms with Gasteiger partial charge >= 0.3 is 5.97 Å². The highest BCUT2D eigenvalue weighted by Gasteiger charge is 2.30. The summed E-state index contributed by atoms with van der Waals surface area (Å²) in [5.74, 6) is 0.968. The third-order valence-electron chi connectivity index (χ3n) is 4.60. The molecule has 1 saturated carbocycles. The molecule has 1 aliphatic rings. The topological polar surface area (TPSA) is 67.0 Å². The van der Waals surface area contributed by atoms with Crippen molar-refractivity contribution < 1.29 is 9.53 Å². The highest BCUT2D eigenvalue weighted by atomic mass is 16.5. The van der Waals surface area contributed by atoms with Gasteiger partial charge in [-0.15, -0.1) is 0 Å². The van der Waals surface area contributed by atoms with E-state index in [-0.39, 0.29) is 12.1 Å². The molecule has 0 aliphatic heterocycles. The van der Waals surface area contributed by atoms with E-state index in [1.165, 1.54) is 6.42 Å². The fraction of sp³-hybridized carbons (Fsp3) is 0.556. The minimum atomic E-state index is -0.322. The van der Waals surface area contributed by atoms with Crippen molar-refractivity contribution in [2.75, 3.05) is 5.32 Å². The van der Waals surface area contributed by atoms with Crippen molar-refractivity contribution in [3.05, 3.63) is 24.0 Å². The second-order valence-electron chi connectivity index (χ2n) is 7.05. The van der Waals surface area contributed by atoms with E-state index in [4.69, 9.17) is 4.74 Å². The molecule has 0 bridgehead atoms. The molecule has 2 aromatic heterocycles. The van der Waals surface area contributed by atoms with Crippen LogP contribution in [0.4, 0.5) is 5.69 Å². The third kappa shape index (κ3) is 3.19. The van der Waals surface area contributed by atoms with Gasteiger partial charge < -0.3 is 15.0 Å². The van der Waals surface area contributed by atoms with Crippen LogP contribution in [0.25, 0.3) is 11.0 Å². The first kappa shape index (κ1) is 15.8. The van der Waals surface area contributed by atoms with Crippen molar-refractivity contribution in [2.24, 2.45) is 11.8 Å². The van der Waals surface area contributed by atoms with Crippen LogP contribution in [0.5, 0.6) is 0 Å². The molecule has 2 heterocycles. The van der Waals surface area contributed by atoms with Crippen LogP contribution in [-0.2, 0) is 4.74 Å². The van der Waals surface area contributed by atoms with Crippen molar-refractivity contribution in [1.29, 1.82) is 0 Å². The summed E-state index contributed by atoms with van der Waals surface area (Å²) < 4.78 is 5.39. The van der Waals surface area contributed by atoms with Crippen LogP contribution in [0, 0.1) is 11.8 Å². The molecule has 0 radical (unpaired) electrons. The number of carbonyl (C=O) groups is 1. The zero-order valence-corrected chi connectivity index (χ0v) is 14.2. The van der Waals surface area contributed by atoms with E-state index >= 15 is 0 Å². The van der Waals surface area contributed by atoms with Gasteiger partial charge in [0.2, 0.25) is 0 Å². The lowest BCUT2D eigenvalue weighted by Gasteiger charge is -2.21. The summed E-state index contributed by atoms with van der Waals surface area (Å²) in [6.45, 7) is 8.26. The van der Waals surface area contributed by atoms with Gasteiger partial charge in [0.15, 0.2) is 0 Å². The van der Waals surface area contributed by atoms with Crippen LogP contribution >= 0.6 is 0 Å². The van der Waals surface area contributed by atoms with Crippen LogP contribution in [0.2, 0.25) is 0 Å².